The molecule has 1 rings (SSSR count). The molecule has 0 radical (unpaired) electrons. The molecule has 0 aromatic heterocycles. The Bertz CT molecular complexity index is 151. The fourth-order valence-electron chi connectivity index (χ4n) is 1.14. The molecule has 1 aliphatic heterocycles. The predicted octanol–water partition coefficient (Wildman–Crippen LogP) is -0.910. The highest BCUT2D eigenvalue weighted by Crippen LogP contribution is 2.26. The van der Waals surface area contributed by atoms with E-state index in [1.807, 2.05) is 0 Å². The van der Waals surface area contributed by atoms with Gasteiger partial charge < -0.3 is 20.1 Å². The van der Waals surface area contributed by atoms with E-state index in [1.54, 1.807) is 23.0 Å². The largest absolute Gasteiger partial charge is 0.394 e. The normalized spacial score (nSPS) is 46.4. The van der Waals surface area contributed by atoms with Crippen molar-refractivity contribution in [3.63, 3.8) is 0 Å². The fraction of sp³-hybridized carbons (Fsp3) is 1.00. The molecule has 78 valence electrons. The van der Waals surface area contributed by atoms with Crippen LogP contribution in [0.4, 0.5) is 0 Å². The number of thiol groups is 1. The third kappa shape index (κ3) is 2.46. The average Bonchev–Trinajstić information content (AvgIpc) is 2.15. The summed E-state index contributed by atoms with van der Waals surface area (Å²) in [6, 6.07) is 0. The Hall–Kier alpha value is 0.880. The second-order valence-electron chi connectivity index (χ2n) is 2.79. The molecule has 0 aliphatic carbocycles. The first-order valence-corrected chi connectivity index (χ1v) is 5.09. The first-order valence-electron chi connectivity index (χ1n) is 3.69. The summed E-state index contributed by atoms with van der Waals surface area (Å²) in [5.41, 5.74) is 0. The van der Waals surface area contributed by atoms with Crippen LogP contribution in [-0.2, 0) is 7.80 Å². The van der Waals surface area contributed by atoms with Crippen molar-refractivity contribution < 1.29 is 23.1 Å². The van der Waals surface area contributed by atoms with E-state index in [-0.39, 0.29) is 6.61 Å². The summed E-state index contributed by atoms with van der Waals surface area (Å²) in [6.45, 7) is -0.269. The van der Waals surface area contributed by atoms with Gasteiger partial charge in [-0.15, -0.1) is 0 Å². The van der Waals surface area contributed by atoms with Crippen LogP contribution in [0.1, 0.15) is 0 Å². The molecule has 13 heavy (non-hydrogen) atoms. The summed E-state index contributed by atoms with van der Waals surface area (Å²) in [4.78, 5) is 0. The first kappa shape index (κ1) is 12.0. The smallest absolute Gasteiger partial charge is 0.197 e. The molecular weight excluding hydrogens is 311 g/mol. The third-order valence-electron chi connectivity index (χ3n) is 1.94. The van der Waals surface area contributed by atoms with E-state index in [2.05, 4.69) is 12.6 Å². The Morgan fingerprint density at radius 3 is 2.46 bits per heavy atom. The zero-order valence-corrected chi connectivity index (χ0v) is 9.63. The molecule has 7 heteroatoms. The highest BCUT2D eigenvalue weighted by molar-refractivity contribution is 14.1. The second-order valence-corrected chi connectivity index (χ2v) is 3.89. The molecule has 1 heterocycles. The van der Waals surface area contributed by atoms with E-state index in [0.717, 1.165) is 0 Å². The van der Waals surface area contributed by atoms with E-state index >= 15 is 0 Å². The van der Waals surface area contributed by atoms with Gasteiger partial charge in [0.25, 0.3) is 0 Å². The summed E-state index contributed by atoms with van der Waals surface area (Å²) in [6.07, 6.45) is -3.74. The van der Waals surface area contributed by atoms with Crippen LogP contribution in [0.2, 0.25) is 0 Å². The van der Waals surface area contributed by atoms with Crippen LogP contribution in [0.3, 0.4) is 0 Å². The molecule has 0 spiro atoms. The standard InChI is InChI=1S/C6H11IO5S/c7-12-6-4(10)3(9)5(13)2(1-8)11-6/h2-6,8-10,13H,1H2/t2?,3-,4?,5+,6-/m1/s1. The van der Waals surface area contributed by atoms with Crippen molar-refractivity contribution in [1.29, 1.82) is 0 Å². The highest BCUT2D eigenvalue weighted by atomic mass is 127. The number of hydrogen-bond donors (Lipinski definition) is 4. The zero-order valence-electron chi connectivity index (χ0n) is 6.58. The molecule has 5 nitrogen and oxygen atoms in total. The second kappa shape index (κ2) is 5.10. The number of aliphatic hydroxyl groups is 3. The van der Waals surface area contributed by atoms with Crippen LogP contribution in [0.5, 0.6) is 0 Å². The van der Waals surface area contributed by atoms with Gasteiger partial charge in [-0.3, -0.25) is 3.07 Å². The zero-order chi connectivity index (χ0) is 10.0. The molecule has 0 aromatic rings. The summed E-state index contributed by atoms with van der Waals surface area (Å²) in [5, 5.41) is 27.1. The molecular formula is C6H11IO5S. The lowest BCUT2D eigenvalue weighted by molar-refractivity contribution is -0.225. The van der Waals surface area contributed by atoms with Gasteiger partial charge in [-0.05, 0) is 0 Å². The molecule has 0 aromatic carbocycles. The van der Waals surface area contributed by atoms with Crippen molar-refractivity contribution in [2.24, 2.45) is 0 Å². The van der Waals surface area contributed by atoms with Gasteiger partial charge in [0.15, 0.2) is 6.29 Å². The molecule has 1 saturated heterocycles. The van der Waals surface area contributed by atoms with Gasteiger partial charge in [0.1, 0.15) is 29.1 Å². The Balaban J connectivity index is 2.66. The predicted molar refractivity (Wildman–Crippen MR) is 55.6 cm³/mol. The van der Waals surface area contributed by atoms with Gasteiger partial charge in [0.05, 0.1) is 24.1 Å². The van der Waals surface area contributed by atoms with Gasteiger partial charge in [-0.1, -0.05) is 0 Å². The van der Waals surface area contributed by atoms with E-state index in [9.17, 15) is 10.2 Å². The van der Waals surface area contributed by atoms with Crippen LogP contribution in [0, 0.1) is 0 Å². The molecule has 0 amide bonds. The fourth-order valence-corrected chi connectivity index (χ4v) is 1.90. The van der Waals surface area contributed by atoms with E-state index in [0.29, 0.717) is 0 Å². The van der Waals surface area contributed by atoms with Crippen LogP contribution >= 0.6 is 35.6 Å². The van der Waals surface area contributed by atoms with Crippen molar-refractivity contribution in [3.8, 4) is 0 Å². The maximum Gasteiger partial charge on any atom is 0.197 e. The van der Waals surface area contributed by atoms with E-state index < -0.39 is 29.9 Å². The van der Waals surface area contributed by atoms with Gasteiger partial charge in [0, 0.05) is 0 Å². The van der Waals surface area contributed by atoms with Crippen molar-refractivity contribution in [1.82, 2.24) is 0 Å². The van der Waals surface area contributed by atoms with E-state index in [4.69, 9.17) is 12.9 Å². The summed E-state index contributed by atoms with van der Waals surface area (Å²) in [5.74, 6) is 0. The molecule has 0 saturated carbocycles. The Labute approximate surface area is 95.1 Å². The number of ether oxygens (including phenoxy) is 1. The maximum absolute atomic E-state index is 9.45. The Kier molecular flexibility index (Phi) is 4.69. The van der Waals surface area contributed by atoms with Gasteiger partial charge in [0.2, 0.25) is 0 Å². The van der Waals surface area contributed by atoms with Crippen LogP contribution < -0.4 is 0 Å². The maximum atomic E-state index is 9.45. The minimum absolute atomic E-state index is 0.269. The SMILES string of the molecule is OCC1O[C@H](OI)C(O)[C@@H](O)[C@H]1S. The third-order valence-corrected chi connectivity index (χ3v) is 3.08. The molecule has 1 fully saturated rings. The number of rotatable bonds is 2. The van der Waals surface area contributed by atoms with Gasteiger partial charge >= 0.3 is 0 Å². The monoisotopic (exact) mass is 322 g/mol. The molecule has 1 aliphatic rings. The number of halogens is 1. The Morgan fingerprint density at radius 1 is 1.38 bits per heavy atom. The average molecular weight is 322 g/mol. The number of aliphatic hydroxyl groups excluding tert-OH is 3. The summed E-state index contributed by atoms with van der Waals surface area (Å²) in [7, 11) is 0. The van der Waals surface area contributed by atoms with Crippen LogP contribution in [-0.4, -0.2) is 51.8 Å². The quantitative estimate of drug-likeness (QED) is 0.391. The first-order chi connectivity index (χ1) is 6.11. The minimum atomic E-state index is -1.14. The molecule has 2 unspecified atom stereocenters. The van der Waals surface area contributed by atoms with Crippen molar-refractivity contribution in [2.75, 3.05) is 6.61 Å². The minimum Gasteiger partial charge on any atom is -0.394 e. The van der Waals surface area contributed by atoms with Crippen molar-refractivity contribution in [2.45, 2.75) is 29.9 Å². The summed E-state index contributed by atoms with van der Waals surface area (Å²) >= 11 is 5.58. The van der Waals surface area contributed by atoms with Gasteiger partial charge in [-0.25, -0.2) is 0 Å². The van der Waals surface area contributed by atoms with Crippen molar-refractivity contribution in [3.05, 3.63) is 0 Å². The molecule has 3 N–H and O–H groups in total. The summed E-state index contributed by atoms with van der Waals surface area (Å²) < 4.78 is 9.86. The lowest BCUT2D eigenvalue weighted by Crippen LogP contribution is -2.56. The van der Waals surface area contributed by atoms with E-state index in [1.165, 1.54) is 0 Å². The molecule has 0 bridgehead atoms. The highest BCUT2D eigenvalue weighted by Gasteiger charge is 2.42. The lowest BCUT2D eigenvalue weighted by atomic mass is 10.0. The van der Waals surface area contributed by atoms with Gasteiger partial charge in [-0.2, -0.15) is 12.6 Å². The van der Waals surface area contributed by atoms with Crippen LogP contribution in [0.25, 0.3) is 0 Å². The topological polar surface area (TPSA) is 79.2 Å². The lowest BCUT2D eigenvalue weighted by Gasteiger charge is -2.38. The number of hydrogen-bond acceptors (Lipinski definition) is 6. The van der Waals surface area contributed by atoms with Crippen LogP contribution in [0.15, 0.2) is 0 Å². The Morgan fingerprint density at radius 2 is 2.00 bits per heavy atom. The molecule has 5 atom stereocenters. The van der Waals surface area contributed by atoms with Crippen molar-refractivity contribution >= 4 is 35.6 Å².